The van der Waals surface area contributed by atoms with Gasteiger partial charge in [0.05, 0.1) is 12.5 Å². The zero-order valence-electron chi connectivity index (χ0n) is 14.9. The Kier molecular flexibility index (Phi) is 6.78. The first-order valence-corrected chi connectivity index (χ1v) is 9.50. The van der Waals surface area contributed by atoms with Crippen LogP contribution in [-0.2, 0) is 11.3 Å². The highest BCUT2D eigenvalue weighted by molar-refractivity contribution is 5.78. The number of hydrogen-bond acceptors (Lipinski definition) is 5. The van der Waals surface area contributed by atoms with Gasteiger partial charge in [-0.25, -0.2) is 0 Å². The largest absolute Gasteiger partial charge is 0.395 e. The van der Waals surface area contributed by atoms with Gasteiger partial charge in [-0.05, 0) is 56.9 Å². The highest BCUT2D eigenvalue weighted by atomic mass is 16.3. The van der Waals surface area contributed by atoms with Crippen molar-refractivity contribution in [1.29, 1.82) is 0 Å². The van der Waals surface area contributed by atoms with E-state index in [1.54, 1.807) is 12.4 Å². The van der Waals surface area contributed by atoms with Gasteiger partial charge in [-0.15, -0.1) is 0 Å². The second kappa shape index (κ2) is 9.27. The molecule has 0 aromatic carbocycles. The Morgan fingerprint density at radius 3 is 2.84 bits per heavy atom. The summed E-state index contributed by atoms with van der Waals surface area (Å²) < 4.78 is 0. The monoisotopic (exact) mass is 346 g/mol. The maximum Gasteiger partial charge on any atom is 0.224 e. The molecule has 0 aliphatic carbocycles. The summed E-state index contributed by atoms with van der Waals surface area (Å²) in [4.78, 5) is 21.5. The summed E-state index contributed by atoms with van der Waals surface area (Å²) >= 11 is 0. The zero-order valence-corrected chi connectivity index (χ0v) is 14.9. The van der Waals surface area contributed by atoms with E-state index in [-0.39, 0.29) is 18.4 Å². The zero-order chi connectivity index (χ0) is 17.5. The van der Waals surface area contributed by atoms with Crippen molar-refractivity contribution in [2.75, 3.05) is 39.3 Å². The highest BCUT2D eigenvalue weighted by Gasteiger charge is 2.31. The SMILES string of the molecule is O=C(NCc1cccnc1)[C@@H]1CCCN(C2CCN(CCO)CC2)C1. The smallest absolute Gasteiger partial charge is 0.224 e. The molecule has 1 amide bonds. The Hall–Kier alpha value is -1.50. The number of β-amino-alcohol motifs (C(OH)–C–C–N with tert-alkyl or cyclic N) is 1. The first kappa shape index (κ1) is 18.3. The molecule has 3 heterocycles. The minimum absolute atomic E-state index is 0.0980. The number of pyridine rings is 1. The van der Waals surface area contributed by atoms with Crippen LogP contribution in [0.4, 0.5) is 0 Å². The molecular weight excluding hydrogens is 316 g/mol. The van der Waals surface area contributed by atoms with Crippen molar-refractivity contribution in [3.05, 3.63) is 30.1 Å². The van der Waals surface area contributed by atoms with E-state index in [0.29, 0.717) is 12.6 Å². The van der Waals surface area contributed by atoms with Crippen LogP contribution in [0.3, 0.4) is 0 Å². The van der Waals surface area contributed by atoms with E-state index in [1.165, 1.54) is 0 Å². The summed E-state index contributed by atoms with van der Waals surface area (Å²) in [5.41, 5.74) is 1.04. The summed E-state index contributed by atoms with van der Waals surface area (Å²) in [7, 11) is 0. The van der Waals surface area contributed by atoms with Gasteiger partial charge in [-0.3, -0.25) is 14.7 Å². The molecule has 0 spiro atoms. The Morgan fingerprint density at radius 1 is 1.28 bits per heavy atom. The molecule has 2 saturated heterocycles. The lowest BCUT2D eigenvalue weighted by Crippen LogP contribution is -2.51. The fourth-order valence-corrected chi connectivity index (χ4v) is 4.04. The molecule has 3 rings (SSSR count). The second-order valence-corrected chi connectivity index (χ2v) is 7.21. The van der Waals surface area contributed by atoms with Crippen LogP contribution in [0.25, 0.3) is 0 Å². The maximum atomic E-state index is 12.5. The predicted octanol–water partition coefficient (Wildman–Crippen LogP) is 0.866. The van der Waals surface area contributed by atoms with Crippen molar-refractivity contribution in [3.63, 3.8) is 0 Å². The molecule has 1 aromatic rings. The van der Waals surface area contributed by atoms with E-state index in [9.17, 15) is 4.79 Å². The average Bonchev–Trinajstić information content (AvgIpc) is 2.68. The van der Waals surface area contributed by atoms with Gasteiger partial charge in [-0.1, -0.05) is 6.07 Å². The molecule has 2 aliphatic rings. The molecule has 1 aromatic heterocycles. The Bertz CT molecular complexity index is 531. The van der Waals surface area contributed by atoms with Crippen LogP contribution in [0.1, 0.15) is 31.2 Å². The Labute approximate surface area is 150 Å². The first-order chi connectivity index (χ1) is 12.3. The van der Waals surface area contributed by atoms with Crippen LogP contribution in [0.2, 0.25) is 0 Å². The second-order valence-electron chi connectivity index (χ2n) is 7.21. The van der Waals surface area contributed by atoms with Crippen LogP contribution in [0, 0.1) is 5.92 Å². The number of nitrogens with zero attached hydrogens (tertiary/aromatic N) is 3. The average molecular weight is 346 g/mol. The van der Waals surface area contributed by atoms with Gasteiger partial charge in [0.2, 0.25) is 5.91 Å². The molecule has 25 heavy (non-hydrogen) atoms. The number of nitrogens with one attached hydrogen (secondary N) is 1. The molecular formula is C19H30N4O2. The van der Waals surface area contributed by atoms with Gasteiger partial charge in [0.15, 0.2) is 0 Å². The summed E-state index contributed by atoms with van der Waals surface area (Å²) in [6, 6.07) is 4.47. The van der Waals surface area contributed by atoms with Crippen molar-refractivity contribution in [2.45, 2.75) is 38.3 Å². The topological polar surface area (TPSA) is 68.7 Å². The summed E-state index contributed by atoms with van der Waals surface area (Å²) in [6.07, 6.45) is 7.92. The number of amides is 1. The maximum absolute atomic E-state index is 12.5. The normalized spacial score (nSPS) is 23.5. The van der Waals surface area contributed by atoms with Gasteiger partial charge >= 0.3 is 0 Å². The summed E-state index contributed by atoms with van der Waals surface area (Å²) in [5.74, 6) is 0.271. The number of carbonyl (C=O) groups is 1. The molecule has 2 aliphatic heterocycles. The number of rotatable bonds is 6. The first-order valence-electron chi connectivity index (χ1n) is 9.50. The molecule has 6 nitrogen and oxygen atoms in total. The van der Waals surface area contributed by atoms with Crippen LogP contribution in [0.5, 0.6) is 0 Å². The van der Waals surface area contributed by atoms with E-state index in [2.05, 4.69) is 20.1 Å². The molecule has 2 fully saturated rings. The number of aromatic nitrogens is 1. The van der Waals surface area contributed by atoms with E-state index in [0.717, 1.165) is 64.0 Å². The minimum atomic E-state index is 0.0980. The number of aliphatic hydroxyl groups is 1. The van der Waals surface area contributed by atoms with Crippen molar-refractivity contribution < 1.29 is 9.90 Å². The molecule has 0 unspecified atom stereocenters. The fraction of sp³-hybridized carbons (Fsp3) is 0.684. The van der Waals surface area contributed by atoms with Crippen LogP contribution >= 0.6 is 0 Å². The van der Waals surface area contributed by atoms with Gasteiger partial charge in [0, 0.05) is 38.1 Å². The number of carbonyl (C=O) groups excluding carboxylic acids is 1. The van der Waals surface area contributed by atoms with E-state index in [1.807, 2.05) is 12.1 Å². The predicted molar refractivity (Wildman–Crippen MR) is 96.9 cm³/mol. The number of likely N-dealkylation sites (tertiary alicyclic amines) is 2. The molecule has 0 bridgehead atoms. The quantitative estimate of drug-likeness (QED) is 0.800. The molecule has 1 atom stereocenters. The van der Waals surface area contributed by atoms with Crippen molar-refractivity contribution in [1.82, 2.24) is 20.1 Å². The lowest BCUT2D eigenvalue weighted by Gasteiger charge is -2.42. The number of hydrogen-bond donors (Lipinski definition) is 2. The molecule has 0 radical (unpaired) electrons. The Morgan fingerprint density at radius 2 is 2.12 bits per heavy atom. The van der Waals surface area contributed by atoms with Gasteiger partial charge < -0.3 is 15.3 Å². The summed E-state index contributed by atoms with van der Waals surface area (Å²) in [6.45, 7) is 5.68. The number of piperidine rings is 2. The number of aliphatic hydroxyl groups excluding tert-OH is 1. The highest BCUT2D eigenvalue weighted by Crippen LogP contribution is 2.24. The molecule has 6 heteroatoms. The minimum Gasteiger partial charge on any atom is -0.395 e. The third-order valence-corrected chi connectivity index (χ3v) is 5.50. The van der Waals surface area contributed by atoms with Gasteiger partial charge in [-0.2, -0.15) is 0 Å². The van der Waals surface area contributed by atoms with Crippen LogP contribution in [0.15, 0.2) is 24.5 Å². The third-order valence-electron chi connectivity index (χ3n) is 5.50. The fourth-order valence-electron chi connectivity index (χ4n) is 4.04. The lowest BCUT2D eigenvalue weighted by molar-refractivity contribution is -0.127. The summed E-state index contributed by atoms with van der Waals surface area (Å²) in [5, 5.41) is 12.1. The standard InChI is InChI=1S/C19H30N4O2/c24-12-11-22-9-5-18(6-10-22)23-8-2-4-17(15-23)19(25)21-14-16-3-1-7-20-13-16/h1,3,7,13,17-18,24H,2,4-6,8-12,14-15H2,(H,21,25)/t17-/m1/s1. The van der Waals surface area contributed by atoms with Crippen molar-refractivity contribution in [2.24, 2.45) is 5.92 Å². The molecule has 138 valence electrons. The van der Waals surface area contributed by atoms with Crippen LogP contribution in [-0.4, -0.2) is 71.2 Å². The van der Waals surface area contributed by atoms with Crippen molar-refractivity contribution >= 4 is 5.91 Å². The molecule has 2 N–H and O–H groups in total. The molecule has 0 saturated carbocycles. The van der Waals surface area contributed by atoms with Crippen LogP contribution < -0.4 is 5.32 Å². The van der Waals surface area contributed by atoms with E-state index >= 15 is 0 Å². The van der Waals surface area contributed by atoms with Gasteiger partial charge in [0.1, 0.15) is 0 Å². The van der Waals surface area contributed by atoms with E-state index in [4.69, 9.17) is 5.11 Å². The Balaban J connectivity index is 1.45. The third kappa shape index (κ3) is 5.23. The lowest BCUT2D eigenvalue weighted by atomic mass is 9.93. The van der Waals surface area contributed by atoms with E-state index < -0.39 is 0 Å². The van der Waals surface area contributed by atoms with Crippen molar-refractivity contribution in [3.8, 4) is 0 Å². The van der Waals surface area contributed by atoms with Gasteiger partial charge in [0.25, 0.3) is 0 Å².